The zero-order valence-electron chi connectivity index (χ0n) is 41.1. The molecule has 0 unspecified atom stereocenters. The SMILES string of the molecule is CCOC(=O)C1=C(O)/C(=C/c2ccc(OCCN(N)/C=C(\N)CNC(=O)c3cc(NC)cc(NC(=O)Nc4ccc(C5=NCCN5)cc4)c3)c(O)c2)SC1=Nc1ccccc1.O=CNc1ccc(C2=NCCN2)cc1. The Bertz CT molecular complexity index is 3050. The zero-order chi connectivity index (χ0) is 53.1. The summed E-state index contributed by atoms with van der Waals surface area (Å²) in [6, 6.07) is 33.0. The van der Waals surface area contributed by atoms with Gasteiger partial charge in [-0.1, -0.05) is 36.0 Å². The largest absolute Gasteiger partial charge is 0.506 e. The van der Waals surface area contributed by atoms with Crippen molar-refractivity contribution in [1.29, 1.82) is 0 Å². The number of aliphatic hydroxyl groups excluding tert-OH is 1. The van der Waals surface area contributed by atoms with E-state index in [-0.39, 0.29) is 65.4 Å². The second kappa shape index (κ2) is 26.4. The molecule has 21 nitrogen and oxygen atoms in total. The number of hydrogen-bond donors (Lipinski definition) is 11. The molecule has 5 aromatic rings. The predicted molar refractivity (Wildman–Crippen MR) is 295 cm³/mol. The maximum absolute atomic E-state index is 13.1. The first kappa shape index (κ1) is 53.5. The number of nitrogens with one attached hydrogen (secondary N) is 7. The number of hydrazine groups is 1. The number of phenols is 1. The predicted octanol–water partition coefficient (Wildman–Crippen LogP) is 6.01. The van der Waals surface area contributed by atoms with Gasteiger partial charge in [0.1, 0.15) is 34.7 Å². The lowest BCUT2D eigenvalue weighted by atomic mass is 10.1. The Morgan fingerprint density at radius 1 is 0.840 bits per heavy atom. The maximum Gasteiger partial charge on any atom is 0.344 e. The summed E-state index contributed by atoms with van der Waals surface area (Å²) in [5, 5.41) is 43.6. The lowest BCUT2D eigenvalue weighted by Gasteiger charge is -2.16. The molecule has 0 spiro atoms. The highest BCUT2D eigenvalue weighted by Crippen LogP contribution is 2.41. The van der Waals surface area contributed by atoms with Gasteiger partial charge in [0, 0.05) is 71.5 Å². The van der Waals surface area contributed by atoms with Crippen molar-refractivity contribution in [3.8, 4) is 11.5 Å². The molecule has 4 amide bonds. The summed E-state index contributed by atoms with van der Waals surface area (Å²) >= 11 is 1.11. The summed E-state index contributed by atoms with van der Waals surface area (Å²) < 4.78 is 10.9. The van der Waals surface area contributed by atoms with E-state index in [0.29, 0.717) is 39.6 Å². The van der Waals surface area contributed by atoms with Crippen molar-refractivity contribution < 1.29 is 38.9 Å². The number of hydrogen-bond acceptors (Lipinski definition) is 18. The number of phenolic OH excluding ortho intramolecular Hbond substituents is 1. The number of amides is 4. The summed E-state index contributed by atoms with van der Waals surface area (Å²) in [5.74, 6) is 6.49. The second-order valence-corrected chi connectivity index (χ2v) is 17.4. The quantitative estimate of drug-likeness (QED) is 0.0195. The lowest BCUT2D eigenvalue weighted by molar-refractivity contribution is -0.138. The van der Waals surface area contributed by atoms with E-state index >= 15 is 0 Å². The fraction of sp³-hybridized carbons (Fsp3) is 0.189. The minimum absolute atomic E-state index is 0.0278. The summed E-state index contributed by atoms with van der Waals surface area (Å²) in [6.45, 7) is 5.29. The molecule has 0 fully saturated rings. The number of aliphatic imine (C=N–C) groups is 3. The molecule has 0 bridgehead atoms. The molecule has 0 atom stereocenters. The number of aromatic hydroxyl groups is 1. The highest BCUT2D eigenvalue weighted by molar-refractivity contribution is 8.18. The number of carbonyl (C=O) groups excluding carboxylic acids is 4. The number of urea groups is 1. The van der Waals surface area contributed by atoms with Crippen molar-refractivity contribution in [2.45, 2.75) is 6.92 Å². The Hall–Kier alpha value is -9.28. The van der Waals surface area contributed by atoms with Crippen LogP contribution >= 0.6 is 11.8 Å². The van der Waals surface area contributed by atoms with E-state index in [4.69, 9.17) is 21.1 Å². The number of anilines is 4. The highest BCUT2D eigenvalue weighted by Gasteiger charge is 2.33. The lowest BCUT2D eigenvalue weighted by Crippen LogP contribution is -2.33. The van der Waals surface area contributed by atoms with Gasteiger partial charge in [-0.2, -0.15) is 0 Å². The third-order valence-corrected chi connectivity index (χ3v) is 11.9. The van der Waals surface area contributed by atoms with Crippen molar-refractivity contribution in [1.82, 2.24) is 21.0 Å². The number of nitrogens with zero attached hydrogens (tertiary/aromatic N) is 4. The van der Waals surface area contributed by atoms with Gasteiger partial charge in [-0.05, 0) is 110 Å². The number of para-hydroxylation sites is 1. The van der Waals surface area contributed by atoms with E-state index in [0.717, 1.165) is 66.4 Å². The minimum atomic E-state index is -0.693. The van der Waals surface area contributed by atoms with Gasteiger partial charge in [-0.15, -0.1) is 0 Å². The van der Waals surface area contributed by atoms with Crippen LogP contribution in [-0.4, -0.2) is 116 Å². The Labute approximate surface area is 437 Å². The van der Waals surface area contributed by atoms with Gasteiger partial charge in [0.25, 0.3) is 5.91 Å². The van der Waals surface area contributed by atoms with Gasteiger partial charge in [0.2, 0.25) is 6.41 Å². The van der Waals surface area contributed by atoms with Crippen LogP contribution in [0.4, 0.5) is 33.2 Å². The van der Waals surface area contributed by atoms with Crippen LogP contribution in [0.1, 0.15) is 34.0 Å². The van der Waals surface area contributed by atoms with Crippen molar-refractivity contribution in [2.24, 2.45) is 26.6 Å². The van der Waals surface area contributed by atoms with Crippen LogP contribution in [0.25, 0.3) is 6.08 Å². The summed E-state index contributed by atoms with van der Waals surface area (Å²) in [5.41, 5.74) is 12.1. The van der Waals surface area contributed by atoms with Gasteiger partial charge in [-0.3, -0.25) is 19.6 Å². The molecule has 3 aliphatic heterocycles. The standard InChI is InChI=1S/C43H46N10O7S.C10H11N3O/c1-3-59-42(57)37-38(55)36(61-41(37)50-30-7-5-4-6-8-30)20-26-9-14-35(34(54)19-26)60-18-17-53(45)25-29(44)24-49-40(56)28-21-32(46-2)23-33(22-28)52-43(58)51-31-12-10-27(11-13-31)39-47-15-16-48-39;14-7-13-9-3-1-8(2-4-9)10-11-5-6-12-10/h4-14,19-23,25,46,54-55H,3,15-18,24,44-45H2,1-2H3,(H,47,48)(H,49,56)(H2,51,52,58);1-4,7H,5-6H2,(H,11,12)(H,13,14)/b29-25-,36-20-,50-41?;. The number of ether oxygens (including phenoxy) is 2. The molecule has 13 N–H and O–H groups in total. The molecule has 0 radical (unpaired) electrons. The molecule has 8 rings (SSSR count). The van der Waals surface area contributed by atoms with Gasteiger partial charge in [0.05, 0.1) is 43.4 Å². The number of carbonyl (C=O) groups is 4. The van der Waals surface area contributed by atoms with Gasteiger partial charge in [-0.25, -0.2) is 20.4 Å². The fourth-order valence-electron chi connectivity index (χ4n) is 7.33. The average Bonchev–Trinajstić information content (AvgIpc) is 4.21. The number of amidine groups is 2. The first-order valence-electron chi connectivity index (χ1n) is 23.6. The molecule has 0 saturated heterocycles. The molecular weight excluding hydrogens is 979 g/mol. The van der Waals surface area contributed by atoms with E-state index in [9.17, 15) is 29.4 Å². The first-order valence-corrected chi connectivity index (χ1v) is 24.5. The summed E-state index contributed by atoms with van der Waals surface area (Å²) in [6.07, 6.45) is 3.73. The molecule has 0 aliphatic carbocycles. The highest BCUT2D eigenvalue weighted by atomic mass is 32.2. The molecule has 0 saturated carbocycles. The van der Waals surface area contributed by atoms with E-state index in [2.05, 4.69) is 52.2 Å². The van der Waals surface area contributed by atoms with Crippen LogP contribution in [0.2, 0.25) is 0 Å². The first-order chi connectivity index (χ1) is 36.4. The average molecular weight is 1040 g/mol. The molecule has 0 aromatic heterocycles. The molecule has 75 heavy (non-hydrogen) atoms. The topological polar surface area (TPSA) is 304 Å². The molecule has 5 aromatic carbocycles. The Morgan fingerprint density at radius 2 is 1.49 bits per heavy atom. The third kappa shape index (κ3) is 15.4. The fourth-order valence-corrected chi connectivity index (χ4v) is 8.37. The minimum Gasteiger partial charge on any atom is -0.506 e. The van der Waals surface area contributed by atoms with Crippen molar-refractivity contribution in [3.05, 3.63) is 166 Å². The van der Waals surface area contributed by atoms with Crippen LogP contribution < -0.4 is 53.5 Å². The Balaban J connectivity index is 0.000000502. The smallest absolute Gasteiger partial charge is 0.344 e. The molecule has 3 aliphatic rings. The van der Waals surface area contributed by atoms with Crippen molar-refractivity contribution in [2.75, 3.05) is 80.8 Å². The van der Waals surface area contributed by atoms with Crippen LogP contribution in [-0.2, 0) is 14.3 Å². The van der Waals surface area contributed by atoms with Crippen LogP contribution in [0.5, 0.6) is 11.5 Å². The maximum atomic E-state index is 13.1. The van der Waals surface area contributed by atoms with Crippen LogP contribution in [0.15, 0.2) is 158 Å². The molecule has 3 heterocycles. The van der Waals surface area contributed by atoms with Gasteiger partial charge in [0.15, 0.2) is 11.5 Å². The van der Waals surface area contributed by atoms with Crippen LogP contribution in [0, 0.1) is 0 Å². The third-order valence-electron chi connectivity index (χ3n) is 10.9. The number of nitrogens with two attached hydrogens (primary N) is 2. The summed E-state index contributed by atoms with van der Waals surface area (Å²) in [7, 11) is 1.70. The summed E-state index contributed by atoms with van der Waals surface area (Å²) in [4.78, 5) is 62.4. The van der Waals surface area contributed by atoms with Gasteiger partial charge < -0.3 is 67.6 Å². The molecular formula is C53H57N13O8S. The number of esters is 1. The Morgan fingerprint density at radius 3 is 2.11 bits per heavy atom. The van der Waals surface area contributed by atoms with Crippen molar-refractivity contribution >= 4 is 87.3 Å². The number of thioether (sulfide) groups is 1. The zero-order valence-corrected chi connectivity index (χ0v) is 41.9. The number of rotatable bonds is 19. The molecule has 22 heteroatoms. The van der Waals surface area contributed by atoms with E-state index in [1.54, 1.807) is 74.6 Å². The molecule has 388 valence electrons. The number of aliphatic hydroxyl groups is 1. The monoisotopic (exact) mass is 1040 g/mol. The van der Waals surface area contributed by atoms with E-state index in [1.165, 1.54) is 17.3 Å². The Kier molecular flexibility index (Phi) is 18.9. The normalized spacial score (nSPS) is 14.8. The van der Waals surface area contributed by atoms with E-state index < -0.39 is 17.9 Å². The number of benzene rings is 5. The van der Waals surface area contributed by atoms with E-state index in [1.807, 2.05) is 54.6 Å². The second-order valence-electron chi connectivity index (χ2n) is 16.4. The van der Waals surface area contributed by atoms with Gasteiger partial charge >= 0.3 is 12.0 Å². The van der Waals surface area contributed by atoms with Crippen LogP contribution in [0.3, 0.4) is 0 Å². The van der Waals surface area contributed by atoms with Crippen molar-refractivity contribution in [3.63, 3.8) is 0 Å².